The summed E-state index contributed by atoms with van der Waals surface area (Å²) in [5, 5.41) is 17.1. The van der Waals surface area contributed by atoms with Gasteiger partial charge in [0, 0.05) is 5.56 Å². The molecule has 0 bridgehead atoms. The van der Waals surface area contributed by atoms with Gasteiger partial charge in [0.2, 0.25) is 0 Å². The monoisotopic (exact) mass is 174 g/mol. The smallest absolute Gasteiger partial charge is 0.295 e. The van der Waals surface area contributed by atoms with Gasteiger partial charge in [0.05, 0.1) is 0 Å². The first-order valence-corrected chi connectivity index (χ1v) is 3.34. The van der Waals surface area contributed by atoms with Gasteiger partial charge in [-0.05, 0) is 24.3 Å². The molecule has 0 heterocycles. The van der Waals surface area contributed by atoms with Crippen molar-refractivity contribution in [2.75, 3.05) is 6.61 Å². The van der Waals surface area contributed by atoms with Crippen molar-refractivity contribution in [2.24, 2.45) is 0 Å². The minimum absolute atomic E-state index is 0.0764. The number of aliphatic hydroxyl groups excluding tert-OH is 1. The van der Waals surface area contributed by atoms with Crippen LogP contribution in [-0.2, 0) is 5.92 Å². The van der Waals surface area contributed by atoms with Crippen molar-refractivity contribution in [1.29, 1.82) is 0 Å². The summed E-state index contributed by atoms with van der Waals surface area (Å²) in [6, 6.07) is 4.45. The maximum atomic E-state index is 12.7. The van der Waals surface area contributed by atoms with E-state index in [2.05, 4.69) is 0 Å². The molecule has 1 rings (SSSR count). The lowest BCUT2D eigenvalue weighted by molar-refractivity contribution is -0.0556. The fourth-order valence-electron chi connectivity index (χ4n) is 0.797. The Balaban J connectivity index is 2.96. The van der Waals surface area contributed by atoms with Gasteiger partial charge in [-0.1, -0.05) is 0 Å². The molecule has 2 N–H and O–H groups in total. The van der Waals surface area contributed by atoms with Gasteiger partial charge in [0.25, 0.3) is 5.92 Å². The quantitative estimate of drug-likeness (QED) is 0.712. The molecular formula is C8H8F2O2. The van der Waals surface area contributed by atoms with Gasteiger partial charge < -0.3 is 10.2 Å². The molecule has 0 saturated carbocycles. The number of hydrogen-bond acceptors (Lipinski definition) is 2. The summed E-state index contributed by atoms with van der Waals surface area (Å²) >= 11 is 0. The zero-order valence-electron chi connectivity index (χ0n) is 6.17. The second-order valence-corrected chi connectivity index (χ2v) is 2.41. The number of aromatic hydroxyl groups is 1. The number of benzene rings is 1. The van der Waals surface area contributed by atoms with Crippen LogP contribution in [0.2, 0.25) is 0 Å². The van der Waals surface area contributed by atoms with Crippen molar-refractivity contribution in [1.82, 2.24) is 0 Å². The predicted molar refractivity (Wildman–Crippen MR) is 39.1 cm³/mol. The van der Waals surface area contributed by atoms with Crippen LogP contribution in [0.1, 0.15) is 5.56 Å². The SMILES string of the molecule is OCC(F)(F)c1ccc(O)cc1. The number of phenols is 1. The van der Waals surface area contributed by atoms with Gasteiger partial charge >= 0.3 is 0 Å². The highest BCUT2D eigenvalue weighted by Crippen LogP contribution is 2.27. The van der Waals surface area contributed by atoms with Crippen LogP contribution in [0.3, 0.4) is 0 Å². The molecular weight excluding hydrogens is 166 g/mol. The Morgan fingerprint density at radius 3 is 2.08 bits per heavy atom. The van der Waals surface area contributed by atoms with E-state index >= 15 is 0 Å². The van der Waals surface area contributed by atoms with Crippen molar-refractivity contribution in [3.8, 4) is 5.75 Å². The number of halogens is 2. The molecule has 2 nitrogen and oxygen atoms in total. The molecule has 0 atom stereocenters. The first-order valence-electron chi connectivity index (χ1n) is 3.34. The van der Waals surface area contributed by atoms with Gasteiger partial charge in [-0.15, -0.1) is 0 Å². The van der Waals surface area contributed by atoms with E-state index in [0.717, 1.165) is 24.3 Å². The van der Waals surface area contributed by atoms with Crippen molar-refractivity contribution >= 4 is 0 Å². The van der Waals surface area contributed by atoms with Crippen LogP contribution in [0.5, 0.6) is 5.75 Å². The molecule has 0 aliphatic rings. The molecule has 0 aliphatic heterocycles. The zero-order chi connectivity index (χ0) is 9.19. The highest BCUT2D eigenvalue weighted by Gasteiger charge is 2.29. The Bertz CT molecular complexity index is 256. The third-order valence-electron chi connectivity index (χ3n) is 1.49. The summed E-state index contributed by atoms with van der Waals surface area (Å²) in [6.07, 6.45) is 0. The average Bonchev–Trinajstić information content (AvgIpc) is 2.05. The van der Waals surface area contributed by atoms with Gasteiger partial charge in [0.15, 0.2) is 0 Å². The van der Waals surface area contributed by atoms with Crippen molar-refractivity contribution in [3.05, 3.63) is 29.8 Å². The summed E-state index contributed by atoms with van der Waals surface area (Å²) in [6.45, 7) is -1.22. The van der Waals surface area contributed by atoms with E-state index in [0.29, 0.717) is 0 Å². The van der Waals surface area contributed by atoms with Crippen LogP contribution in [0.15, 0.2) is 24.3 Å². The summed E-state index contributed by atoms with van der Waals surface area (Å²) in [4.78, 5) is 0. The lowest BCUT2D eigenvalue weighted by Gasteiger charge is -2.12. The normalized spacial score (nSPS) is 11.6. The molecule has 0 saturated heterocycles. The Labute approximate surface area is 68.1 Å². The van der Waals surface area contributed by atoms with Crippen molar-refractivity contribution < 1.29 is 19.0 Å². The average molecular weight is 174 g/mol. The topological polar surface area (TPSA) is 40.5 Å². The molecule has 0 aromatic heterocycles. The maximum absolute atomic E-state index is 12.7. The van der Waals surface area contributed by atoms with Gasteiger partial charge in [-0.25, -0.2) is 0 Å². The number of rotatable bonds is 2. The van der Waals surface area contributed by atoms with E-state index in [4.69, 9.17) is 10.2 Å². The van der Waals surface area contributed by atoms with Crippen LogP contribution >= 0.6 is 0 Å². The van der Waals surface area contributed by atoms with Crippen LogP contribution in [0.25, 0.3) is 0 Å². The first kappa shape index (κ1) is 8.93. The maximum Gasteiger partial charge on any atom is 0.295 e. The minimum Gasteiger partial charge on any atom is -0.508 e. The fraction of sp³-hybridized carbons (Fsp3) is 0.250. The number of aliphatic hydroxyl groups is 1. The van der Waals surface area contributed by atoms with E-state index in [1.807, 2.05) is 0 Å². The minimum atomic E-state index is -3.23. The van der Waals surface area contributed by atoms with Crippen LogP contribution in [-0.4, -0.2) is 16.8 Å². The van der Waals surface area contributed by atoms with E-state index < -0.39 is 12.5 Å². The fourth-order valence-corrected chi connectivity index (χ4v) is 0.797. The van der Waals surface area contributed by atoms with Gasteiger partial charge in [-0.2, -0.15) is 8.78 Å². The number of alkyl halides is 2. The molecule has 1 aromatic carbocycles. The summed E-state index contributed by atoms with van der Waals surface area (Å²) in [5.74, 6) is -3.30. The molecule has 0 amide bonds. The summed E-state index contributed by atoms with van der Waals surface area (Å²) < 4.78 is 25.4. The molecule has 0 radical (unpaired) electrons. The second kappa shape index (κ2) is 3.06. The Kier molecular flexibility index (Phi) is 2.28. The summed E-state index contributed by atoms with van der Waals surface area (Å²) in [7, 11) is 0. The molecule has 12 heavy (non-hydrogen) atoms. The van der Waals surface area contributed by atoms with Gasteiger partial charge in [0.1, 0.15) is 12.4 Å². The lowest BCUT2D eigenvalue weighted by atomic mass is 10.1. The van der Waals surface area contributed by atoms with Crippen molar-refractivity contribution in [2.45, 2.75) is 5.92 Å². The predicted octanol–water partition coefficient (Wildman–Crippen LogP) is 1.48. The van der Waals surface area contributed by atoms with Gasteiger partial charge in [-0.3, -0.25) is 0 Å². The third-order valence-corrected chi connectivity index (χ3v) is 1.49. The van der Waals surface area contributed by atoms with E-state index in [-0.39, 0.29) is 11.3 Å². The first-order chi connectivity index (χ1) is 5.56. The number of hydrogen-bond donors (Lipinski definition) is 2. The lowest BCUT2D eigenvalue weighted by Crippen LogP contribution is -2.17. The van der Waals surface area contributed by atoms with Crippen LogP contribution < -0.4 is 0 Å². The van der Waals surface area contributed by atoms with E-state index in [1.165, 1.54) is 0 Å². The Morgan fingerprint density at radius 2 is 1.67 bits per heavy atom. The molecule has 0 aliphatic carbocycles. The highest BCUT2D eigenvalue weighted by molar-refractivity contribution is 5.28. The zero-order valence-corrected chi connectivity index (χ0v) is 6.17. The Hall–Kier alpha value is -1.16. The molecule has 1 aromatic rings. The molecule has 4 heteroatoms. The highest BCUT2D eigenvalue weighted by atomic mass is 19.3. The van der Waals surface area contributed by atoms with Crippen molar-refractivity contribution in [3.63, 3.8) is 0 Å². The molecule has 0 unspecified atom stereocenters. The van der Waals surface area contributed by atoms with E-state index in [1.54, 1.807) is 0 Å². The largest absolute Gasteiger partial charge is 0.508 e. The van der Waals surface area contributed by atoms with Crippen LogP contribution in [0.4, 0.5) is 8.78 Å². The second-order valence-electron chi connectivity index (χ2n) is 2.41. The standard InChI is InChI=1S/C8H8F2O2/c9-8(10,5-11)6-1-3-7(12)4-2-6/h1-4,11-12H,5H2. The molecule has 66 valence electrons. The summed E-state index contributed by atoms with van der Waals surface area (Å²) in [5.41, 5.74) is -0.303. The third kappa shape index (κ3) is 1.71. The van der Waals surface area contributed by atoms with E-state index in [9.17, 15) is 8.78 Å². The molecule has 0 fully saturated rings. The Morgan fingerprint density at radius 1 is 1.17 bits per heavy atom. The molecule has 0 spiro atoms. The van der Waals surface area contributed by atoms with Crippen LogP contribution in [0, 0.1) is 0 Å². The number of phenolic OH excluding ortho intramolecular Hbond substituents is 1.